The first-order valence-electron chi connectivity index (χ1n) is 4.41. The molecule has 0 amide bonds. The second kappa shape index (κ2) is 4.84. The Labute approximate surface area is 77.9 Å². The molecule has 76 valence electrons. The average Bonchev–Trinajstić information content (AvgIpc) is 2.02. The van der Waals surface area contributed by atoms with Crippen molar-refractivity contribution in [3.8, 4) is 0 Å². The Morgan fingerprint density at radius 1 is 1.38 bits per heavy atom. The van der Waals surface area contributed by atoms with Crippen molar-refractivity contribution in [1.29, 1.82) is 0 Å². The zero-order valence-corrected chi connectivity index (χ0v) is 8.29. The molecule has 1 N–H and O–H groups in total. The van der Waals surface area contributed by atoms with Crippen molar-refractivity contribution in [2.45, 2.75) is 45.6 Å². The normalized spacial score (nSPS) is 14.7. The Kier molecular flexibility index (Phi) is 4.45. The highest BCUT2D eigenvalue weighted by Gasteiger charge is 2.39. The van der Waals surface area contributed by atoms with Gasteiger partial charge in [-0.1, -0.05) is 20.3 Å². The van der Waals surface area contributed by atoms with Crippen molar-refractivity contribution in [2.24, 2.45) is 0 Å². The van der Waals surface area contributed by atoms with Crippen LogP contribution in [-0.2, 0) is 14.3 Å². The Balaban J connectivity index is 4.64. The van der Waals surface area contributed by atoms with Gasteiger partial charge in [-0.05, 0) is 12.8 Å². The third-order valence-corrected chi connectivity index (χ3v) is 1.95. The van der Waals surface area contributed by atoms with Gasteiger partial charge in [0.2, 0.25) is 5.60 Å². The lowest BCUT2D eigenvalue weighted by Gasteiger charge is -2.26. The summed E-state index contributed by atoms with van der Waals surface area (Å²) < 4.78 is 4.85. The van der Waals surface area contributed by atoms with E-state index in [0.717, 1.165) is 0 Å². The smallest absolute Gasteiger partial charge is 0.348 e. The van der Waals surface area contributed by atoms with Gasteiger partial charge in [-0.25, -0.2) is 4.79 Å². The largest absolute Gasteiger partial charge is 0.478 e. The highest BCUT2D eigenvalue weighted by atomic mass is 16.6. The lowest BCUT2D eigenvalue weighted by atomic mass is 9.95. The van der Waals surface area contributed by atoms with Gasteiger partial charge < -0.3 is 9.84 Å². The Bertz CT molecular complexity index is 200. The van der Waals surface area contributed by atoms with Crippen LogP contribution < -0.4 is 0 Å². The molecule has 0 spiro atoms. The Hall–Kier alpha value is -1.06. The second-order valence-electron chi connectivity index (χ2n) is 3.00. The molecule has 0 aliphatic heterocycles. The van der Waals surface area contributed by atoms with Crippen LogP contribution in [0.4, 0.5) is 0 Å². The fourth-order valence-corrected chi connectivity index (χ4v) is 1.28. The molecule has 0 aliphatic rings. The van der Waals surface area contributed by atoms with Crippen molar-refractivity contribution in [1.82, 2.24) is 0 Å². The minimum Gasteiger partial charge on any atom is -0.478 e. The third kappa shape index (κ3) is 3.05. The summed E-state index contributed by atoms with van der Waals surface area (Å²) in [6.45, 7) is 4.78. The summed E-state index contributed by atoms with van der Waals surface area (Å²) in [4.78, 5) is 21.6. The zero-order valence-electron chi connectivity index (χ0n) is 8.29. The number of rotatable bonds is 5. The molecule has 0 rings (SSSR count). The van der Waals surface area contributed by atoms with Gasteiger partial charge in [-0.3, -0.25) is 4.79 Å². The quantitative estimate of drug-likeness (QED) is 0.665. The van der Waals surface area contributed by atoms with Gasteiger partial charge in [-0.2, -0.15) is 0 Å². The first-order valence-corrected chi connectivity index (χ1v) is 4.41. The molecule has 13 heavy (non-hydrogen) atoms. The number of carboxylic acids is 1. The first kappa shape index (κ1) is 11.9. The Morgan fingerprint density at radius 2 is 1.92 bits per heavy atom. The summed E-state index contributed by atoms with van der Waals surface area (Å²) in [7, 11) is 0. The van der Waals surface area contributed by atoms with E-state index in [1.807, 2.05) is 6.92 Å². The molecule has 4 heteroatoms. The number of hydrogen-bond donors (Lipinski definition) is 1. The first-order chi connectivity index (χ1) is 5.98. The summed E-state index contributed by atoms with van der Waals surface area (Å²) in [5, 5.41) is 8.93. The van der Waals surface area contributed by atoms with Gasteiger partial charge in [0.1, 0.15) is 0 Å². The lowest BCUT2D eigenvalue weighted by Crippen LogP contribution is -2.42. The van der Waals surface area contributed by atoms with Crippen LogP contribution in [0.25, 0.3) is 0 Å². The molecule has 0 heterocycles. The van der Waals surface area contributed by atoms with E-state index in [1.54, 1.807) is 6.92 Å². The van der Waals surface area contributed by atoms with E-state index < -0.39 is 17.5 Å². The standard InChI is InChI=1S/C9H16O4/c1-4-6-9(5-2,8(11)12)13-7(3)10/h4-6H2,1-3H3,(H,11,12). The summed E-state index contributed by atoms with van der Waals surface area (Å²) in [5.41, 5.74) is -1.32. The molecule has 1 unspecified atom stereocenters. The van der Waals surface area contributed by atoms with E-state index in [2.05, 4.69) is 0 Å². The van der Waals surface area contributed by atoms with Crippen molar-refractivity contribution >= 4 is 11.9 Å². The fourth-order valence-electron chi connectivity index (χ4n) is 1.28. The number of carboxylic acid groups (broad SMARTS) is 1. The lowest BCUT2D eigenvalue weighted by molar-refractivity contribution is -0.178. The molecule has 0 saturated heterocycles. The van der Waals surface area contributed by atoms with E-state index in [-0.39, 0.29) is 0 Å². The van der Waals surface area contributed by atoms with Crippen LogP contribution >= 0.6 is 0 Å². The summed E-state index contributed by atoms with van der Waals surface area (Å²) in [6, 6.07) is 0. The number of esters is 1. The molecule has 0 bridgehead atoms. The van der Waals surface area contributed by atoms with Gasteiger partial charge in [0.05, 0.1) is 0 Å². The number of aliphatic carboxylic acids is 1. The van der Waals surface area contributed by atoms with Crippen LogP contribution in [0.2, 0.25) is 0 Å². The number of hydrogen-bond acceptors (Lipinski definition) is 3. The van der Waals surface area contributed by atoms with E-state index in [1.165, 1.54) is 6.92 Å². The molecule has 0 radical (unpaired) electrons. The van der Waals surface area contributed by atoms with E-state index in [9.17, 15) is 9.59 Å². The van der Waals surface area contributed by atoms with Crippen LogP contribution in [-0.4, -0.2) is 22.6 Å². The number of carbonyl (C=O) groups is 2. The maximum absolute atomic E-state index is 10.9. The van der Waals surface area contributed by atoms with Crippen LogP contribution in [0, 0.1) is 0 Å². The van der Waals surface area contributed by atoms with E-state index in [0.29, 0.717) is 19.3 Å². The predicted octanol–water partition coefficient (Wildman–Crippen LogP) is 1.58. The fraction of sp³-hybridized carbons (Fsp3) is 0.778. The Morgan fingerprint density at radius 3 is 2.15 bits per heavy atom. The molecule has 0 aromatic heterocycles. The number of ether oxygens (including phenoxy) is 1. The van der Waals surface area contributed by atoms with Crippen molar-refractivity contribution in [3.63, 3.8) is 0 Å². The molecule has 4 nitrogen and oxygen atoms in total. The van der Waals surface area contributed by atoms with E-state index in [4.69, 9.17) is 9.84 Å². The van der Waals surface area contributed by atoms with Crippen LogP contribution in [0.3, 0.4) is 0 Å². The molecule has 0 aromatic carbocycles. The minimum absolute atomic E-state index is 0.301. The predicted molar refractivity (Wildman–Crippen MR) is 47.3 cm³/mol. The summed E-state index contributed by atoms with van der Waals surface area (Å²) >= 11 is 0. The average molecular weight is 188 g/mol. The molecule has 1 atom stereocenters. The molecule has 0 aromatic rings. The molecule has 0 fully saturated rings. The third-order valence-electron chi connectivity index (χ3n) is 1.95. The van der Waals surface area contributed by atoms with Crippen LogP contribution in [0.1, 0.15) is 40.0 Å². The highest BCUT2D eigenvalue weighted by Crippen LogP contribution is 2.23. The second-order valence-corrected chi connectivity index (χ2v) is 3.00. The number of carbonyl (C=O) groups excluding carboxylic acids is 1. The topological polar surface area (TPSA) is 63.6 Å². The molecule has 0 saturated carbocycles. The van der Waals surface area contributed by atoms with Crippen molar-refractivity contribution in [2.75, 3.05) is 0 Å². The van der Waals surface area contributed by atoms with Gasteiger partial charge in [0.25, 0.3) is 0 Å². The van der Waals surface area contributed by atoms with Gasteiger partial charge in [0, 0.05) is 6.92 Å². The maximum Gasteiger partial charge on any atom is 0.348 e. The molecular formula is C9H16O4. The van der Waals surface area contributed by atoms with Crippen molar-refractivity contribution < 1.29 is 19.4 Å². The van der Waals surface area contributed by atoms with Gasteiger partial charge in [-0.15, -0.1) is 0 Å². The summed E-state index contributed by atoms with van der Waals surface area (Å²) in [5.74, 6) is -1.61. The summed E-state index contributed by atoms with van der Waals surface area (Å²) in [6.07, 6.45) is 1.33. The maximum atomic E-state index is 10.9. The van der Waals surface area contributed by atoms with Gasteiger partial charge >= 0.3 is 11.9 Å². The monoisotopic (exact) mass is 188 g/mol. The van der Waals surface area contributed by atoms with E-state index >= 15 is 0 Å². The molecule has 0 aliphatic carbocycles. The molecular weight excluding hydrogens is 172 g/mol. The van der Waals surface area contributed by atoms with Crippen molar-refractivity contribution in [3.05, 3.63) is 0 Å². The van der Waals surface area contributed by atoms with Crippen LogP contribution in [0.15, 0.2) is 0 Å². The minimum atomic E-state index is -1.32. The zero-order chi connectivity index (χ0) is 10.5. The van der Waals surface area contributed by atoms with Gasteiger partial charge in [0.15, 0.2) is 0 Å². The SMILES string of the molecule is CCCC(CC)(OC(C)=O)C(=O)O. The van der Waals surface area contributed by atoms with Crippen LogP contribution in [0.5, 0.6) is 0 Å². The highest BCUT2D eigenvalue weighted by molar-refractivity contribution is 5.81.